The molecule has 0 aliphatic carbocycles. The zero-order chi connectivity index (χ0) is 9.78. The maximum atomic E-state index is 10.5. The van der Waals surface area contributed by atoms with E-state index < -0.39 is 24.3 Å². The molecule has 0 rings (SSSR count). The highest BCUT2D eigenvalue weighted by Gasteiger charge is 2.41. The van der Waals surface area contributed by atoms with Gasteiger partial charge in [0.25, 0.3) is 0 Å². The predicted octanol–water partition coefficient (Wildman–Crippen LogP) is -0.775. The molecule has 0 heterocycles. The summed E-state index contributed by atoms with van der Waals surface area (Å²) >= 11 is 0. The summed E-state index contributed by atoms with van der Waals surface area (Å²) < 4.78 is 0. The van der Waals surface area contributed by atoms with E-state index in [0.717, 1.165) is 0 Å². The zero-order valence-electron chi connectivity index (χ0n) is 7.30. The molecule has 7 nitrogen and oxygen atoms in total. The molecule has 2 atom stereocenters. The predicted molar refractivity (Wildman–Crippen MR) is 42.5 cm³/mol. The summed E-state index contributed by atoms with van der Waals surface area (Å²) in [6.07, 6.45) is -1.37. The third-order valence-electron chi connectivity index (χ3n) is 1.45. The van der Waals surface area contributed by atoms with E-state index in [4.69, 9.17) is 20.6 Å². The number of hydrogen-bond donors (Lipinski definition) is 5. The SMILES string of the molecule is CC(O)CC(CO)(OO)C(=O)O.N. The van der Waals surface area contributed by atoms with Crippen molar-refractivity contribution in [1.82, 2.24) is 6.15 Å². The Morgan fingerprint density at radius 3 is 2.15 bits per heavy atom. The van der Waals surface area contributed by atoms with Gasteiger partial charge in [-0.25, -0.2) is 9.68 Å². The van der Waals surface area contributed by atoms with Gasteiger partial charge in [-0.3, -0.25) is 5.26 Å². The van der Waals surface area contributed by atoms with Crippen molar-refractivity contribution in [3.63, 3.8) is 0 Å². The molecular formula is C6H15NO6. The van der Waals surface area contributed by atoms with Gasteiger partial charge in [0.1, 0.15) is 0 Å². The van der Waals surface area contributed by atoms with Crippen LogP contribution in [0.1, 0.15) is 13.3 Å². The highest BCUT2D eigenvalue weighted by molar-refractivity contribution is 5.77. The van der Waals surface area contributed by atoms with Crippen LogP contribution in [0.4, 0.5) is 0 Å². The van der Waals surface area contributed by atoms with Crippen LogP contribution >= 0.6 is 0 Å². The van der Waals surface area contributed by atoms with E-state index in [1.54, 1.807) is 0 Å². The summed E-state index contributed by atoms with van der Waals surface area (Å²) in [6, 6.07) is 0. The van der Waals surface area contributed by atoms with Crippen molar-refractivity contribution in [2.45, 2.75) is 25.0 Å². The third kappa shape index (κ3) is 3.66. The van der Waals surface area contributed by atoms with Gasteiger partial charge in [0.15, 0.2) is 0 Å². The number of hydrogen-bond acceptors (Lipinski definition) is 6. The summed E-state index contributed by atoms with van der Waals surface area (Å²) in [5, 5.41) is 34.2. The fraction of sp³-hybridized carbons (Fsp3) is 0.833. The number of aliphatic hydroxyl groups is 2. The molecule has 7 heteroatoms. The minimum atomic E-state index is -2.12. The standard InChI is InChI=1S/C6H12O6.H3N/c1-4(8)2-6(3-7,12-11)5(9)10;/h4,7-8,11H,2-3H2,1H3,(H,9,10);1H3. The summed E-state index contributed by atoms with van der Waals surface area (Å²) in [5.74, 6) is -1.52. The smallest absolute Gasteiger partial charge is 0.341 e. The normalized spacial score (nSPS) is 16.9. The quantitative estimate of drug-likeness (QED) is 0.287. The van der Waals surface area contributed by atoms with Crippen LogP contribution in [-0.4, -0.2) is 44.9 Å². The van der Waals surface area contributed by atoms with Crippen LogP contribution in [0.25, 0.3) is 0 Å². The maximum Gasteiger partial charge on any atom is 0.341 e. The highest BCUT2D eigenvalue weighted by Crippen LogP contribution is 2.17. The van der Waals surface area contributed by atoms with Crippen LogP contribution in [0, 0.1) is 0 Å². The molecule has 0 aromatic rings. The minimum Gasteiger partial charge on any atom is -0.479 e. The van der Waals surface area contributed by atoms with E-state index in [0.29, 0.717) is 0 Å². The fourth-order valence-corrected chi connectivity index (χ4v) is 0.802. The Balaban J connectivity index is 0. The second-order valence-electron chi connectivity index (χ2n) is 2.60. The molecule has 0 amide bonds. The minimum absolute atomic E-state index is 0. The van der Waals surface area contributed by atoms with Crippen molar-refractivity contribution in [3.8, 4) is 0 Å². The molecule has 0 radical (unpaired) electrons. The summed E-state index contributed by atoms with van der Waals surface area (Å²) in [7, 11) is 0. The van der Waals surface area contributed by atoms with Crippen molar-refractivity contribution in [1.29, 1.82) is 0 Å². The van der Waals surface area contributed by atoms with Gasteiger partial charge in [-0.05, 0) is 6.92 Å². The molecule has 0 saturated carbocycles. The lowest BCUT2D eigenvalue weighted by atomic mass is 9.98. The highest BCUT2D eigenvalue weighted by atomic mass is 17.1. The van der Waals surface area contributed by atoms with Crippen molar-refractivity contribution < 1.29 is 30.3 Å². The molecule has 2 unspecified atom stereocenters. The number of carbonyl (C=O) groups is 1. The Morgan fingerprint density at radius 1 is 1.62 bits per heavy atom. The number of rotatable bonds is 5. The number of carboxylic acid groups (broad SMARTS) is 1. The van der Waals surface area contributed by atoms with Gasteiger partial charge in [-0.15, -0.1) is 0 Å². The largest absolute Gasteiger partial charge is 0.479 e. The van der Waals surface area contributed by atoms with E-state index in [2.05, 4.69) is 4.89 Å². The van der Waals surface area contributed by atoms with Crippen molar-refractivity contribution in [3.05, 3.63) is 0 Å². The fourth-order valence-electron chi connectivity index (χ4n) is 0.802. The van der Waals surface area contributed by atoms with Crippen LogP contribution in [0.3, 0.4) is 0 Å². The first-order valence-electron chi connectivity index (χ1n) is 3.33. The lowest BCUT2D eigenvalue weighted by Crippen LogP contribution is -2.46. The van der Waals surface area contributed by atoms with Crippen LogP contribution in [0.5, 0.6) is 0 Å². The van der Waals surface area contributed by atoms with Crippen molar-refractivity contribution in [2.24, 2.45) is 0 Å². The maximum absolute atomic E-state index is 10.5. The molecule has 0 bridgehead atoms. The molecule has 0 aliphatic rings. The van der Waals surface area contributed by atoms with E-state index in [-0.39, 0.29) is 12.6 Å². The van der Waals surface area contributed by atoms with Gasteiger partial charge in [0.05, 0.1) is 12.7 Å². The Hall–Kier alpha value is -0.730. The molecule has 0 fully saturated rings. The topological polar surface area (TPSA) is 142 Å². The van der Waals surface area contributed by atoms with E-state index >= 15 is 0 Å². The van der Waals surface area contributed by atoms with Crippen LogP contribution in [0.2, 0.25) is 0 Å². The molecule has 0 aromatic carbocycles. The Bertz CT molecular complexity index is 155. The Labute approximate surface area is 75.1 Å². The van der Waals surface area contributed by atoms with Crippen LogP contribution < -0.4 is 6.15 Å². The average Bonchev–Trinajstić information content (AvgIpc) is 1.99. The third-order valence-corrected chi connectivity index (χ3v) is 1.45. The lowest BCUT2D eigenvalue weighted by Gasteiger charge is -2.24. The Morgan fingerprint density at radius 2 is 2.08 bits per heavy atom. The monoisotopic (exact) mass is 197 g/mol. The van der Waals surface area contributed by atoms with Crippen molar-refractivity contribution in [2.75, 3.05) is 6.61 Å². The van der Waals surface area contributed by atoms with Gasteiger partial charge in [0, 0.05) is 6.42 Å². The second kappa shape index (κ2) is 5.84. The molecule has 0 saturated heterocycles. The molecule has 0 spiro atoms. The summed E-state index contributed by atoms with van der Waals surface area (Å²) in [5.41, 5.74) is -2.12. The molecule has 0 aliphatic heterocycles. The molecule has 80 valence electrons. The molecule has 7 N–H and O–H groups in total. The molecular weight excluding hydrogens is 182 g/mol. The van der Waals surface area contributed by atoms with E-state index in [1.807, 2.05) is 0 Å². The second-order valence-corrected chi connectivity index (χ2v) is 2.60. The first kappa shape index (κ1) is 14.8. The number of aliphatic hydroxyl groups excluding tert-OH is 2. The zero-order valence-corrected chi connectivity index (χ0v) is 7.30. The van der Waals surface area contributed by atoms with Crippen LogP contribution in [0.15, 0.2) is 0 Å². The van der Waals surface area contributed by atoms with E-state index in [1.165, 1.54) is 6.92 Å². The summed E-state index contributed by atoms with van der Waals surface area (Å²) in [4.78, 5) is 14.1. The first-order valence-corrected chi connectivity index (χ1v) is 3.33. The van der Waals surface area contributed by atoms with Gasteiger partial charge in [-0.1, -0.05) is 0 Å². The molecule has 13 heavy (non-hydrogen) atoms. The average molecular weight is 197 g/mol. The number of carboxylic acids is 1. The van der Waals surface area contributed by atoms with Gasteiger partial charge >= 0.3 is 5.97 Å². The van der Waals surface area contributed by atoms with Gasteiger partial charge in [-0.2, -0.15) is 0 Å². The lowest BCUT2D eigenvalue weighted by molar-refractivity contribution is -0.328. The van der Waals surface area contributed by atoms with Gasteiger partial charge in [0.2, 0.25) is 5.60 Å². The first-order chi connectivity index (χ1) is 5.48. The summed E-state index contributed by atoms with van der Waals surface area (Å²) in [6.45, 7) is 0.427. The van der Waals surface area contributed by atoms with Crippen molar-refractivity contribution >= 4 is 5.97 Å². The van der Waals surface area contributed by atoms with Crippen LogP contribution in [-0.2, 0) is 9.68 Å². The Kier molecular flexibility index (Phi) is 6.63. The van der Waals surface area contributed by atoms with E-state index in [9.17, 15) is 4.79 Å². The number of aliphatic carboxylic acids is 1. The van der Waals surface area contributed by atoms with Gasteiger partial charge < -0.3 is 21.5 Å². The molecule has 0 aromatic heterocycles.